The molecule has 0 bridgehead atoms. The fourth-order valence-corrected chi connectivity index (χ4v) is 2.83. The predicted molar refractivity (Wildman–Crippen MR) is 90.1 cm³/mol. The molecule has 0 saturated heterocycles. The van der Waals surface area contributed by atoms with E-state index >= 15 is 0 Å². The van der Waals surface area contributed by atoms with E-state index in [2.05, 4.69) is 31.9 Å². The molecule has 0 amide bonds. The van der Waals surface area contributed by atoms with Crippen LogP contribution in [-0.4, -0.2) is 6.10 Å². The second kappa shape index (κ2) is 6.74. The van der Waals surface area contributed by atoms with Crippen molar-refractivity contribution < 1.29 is 4.74 Å². The summed E-state index contributed by atoms with van der Waals surface area (Å²) in [4.78, 5) is 0. The second-order valence-electron chi connectivity index (χ2n) is 4.88. The summed E-state index contributed by atoms with van der Waals surface area (Å²) in [6.45, 7) is 4.02. The molecule has 2 rings (SSSR count). The van der Waals surface area contributed by atoms with Gasteiger partial charge in [-0.25, -0.2) is 0 Å². The first kappa shape index (κ1) is 15.5. The van der Waals surface area contributed by atoms with E-state index in [1.54, 1.807) is 0 Å². The first-order chi connectivity index (χ1) is 9.47. The lowest BCUT2D eigenvalue weighted by Crippen LogP contribution is -2.12. The molecular weight excluding hydrogens is 382 g/mol. The molecule has 0 heterocycles. The zero-order valence-corrected chi connectivity index (χ0v) is 14.6. The lowest BCUT2D eigenvalue weighted by atomic mass is 10.00. The predicted octanol–water partition coefficient (Wildman–Crippen LogP) is 5.05. The summed E-state index contributed by atoms with van der Waals surface area (Å²) in [5, 5.41) is 0. The topological polar surface area (TPSA) is 35.2 Å². The van der Waals surface area contributed by atoms with E-state index in [-0.39, 0.29) is 12.1 Å². The molecule has 1 atom stereocenters. The van der Waals surface area contributed by atoms with Crippen molar-refractivity contribution in [2.24, 2.45) is 5.73 Å². The van der Waals surface area contributed by atoms with Crippen molar-refractivity contribution >= 4 is 31.9 Å². The van der Waals surface area contributed by atoms with E-state index in [1.165, 1.54) is 0 Å². The number of rotatable bonds is 4. The summed E-state index contributed by atoms with van der Waals surface area (Å²) in [6, 6.07) is 13.8. The highest BCUT2D eigenvalue weighted by Crippen LogP contribution is 2.30. The largest absolute Gasteiger partial charge is 0.491 e. The van der Waals surface area contributed by atoms with Gasteiger partial charge in [0.05, 0.1) is 12.1 Å². The van der Waals surface area contributed by atoms with Crippen LogP contribution in [-0.2, 0) is 0 Å². The maximum Gasteiger partial charge on any atom is 0.119 e. The Balaban J connectivity index is 2.24. The average Bonchev–Trinajstić information content (AvgIpc) is 2.41. The van der Waals surface area contributed by atoms with Gasteiger partial charge in [-0.1, -0.05) is 44.0 Å². The molecule has 4 heteroatoms. The number of ether oxygens (including phenoxy) is 1. The molecule has 0 aliphatic carbocycles. The standard InChI is InChI=1S/C16H17Br2NO/c1-10(2)20-13-6-3-11(4-7-13)16(19)14-9-12(17)5-8-15(14)18/h3-10,16H,19H2,1-2H3. The van der Waals surface area contributed by atoms with Gasteiger partial charge in [0.25, 0.3) is 0 Å². The molecule has 2 aromatic carbocycles. The zero-order valence-electron chi connectivity index (χ0n) is 11.4. The molecule has 0 radical (unpaired) electrons. The van der Waals surface area contributed by atoms with Crippen LogP contribution in [0.3, 0.4) is 0 Å². The molecule has 20 heavy (non-hydrogen) atoms. The van der Waals surface area contributed by atoms with Crippen LogP contribution < -0.4 is 10.5 Å². The fourth-order valence-electron chi connectivity index (χ4n) is 1.96. The molecular formula is C16H17Br2NO. The molecule has 2 nitrogen and oxygen atoms in total. The Labute approximate surface area is 136 Å². The molecule has 1 unspecified atom stereocenters. The normalized spacial score (nSPS) is 12.5. The van der Waals surface area contributed by atoms with E-state index in [0.717, 1.165) is 25.8 Å². The third-order valence-electron chi connectivity index (χ3n) is 2.90. The lowest BCUT2D eigenvalue weighted by molar-refractivity contribution is 0.242. The van der Waals surface area contributed by atoms with Crippen LogP contribution in [0.1, 0.15) is 31.0 Å². The first-order valence-electron chi connectivity index (χ1n) is 6.44. The van der Waals surface area contributed by atoms with Crippen molar-refractivity contribution in [2.45, 2.75) is 26.0 Å². The van der Waals surface area contributed by atoms with Gasteiger partial charge >= 0.3 is 0 Å². The summed E-state index contributed by atoms with van der Waals surface area (Å²) in [5.74, 6) is 0.865. The number of halogens is 2. The van der Waals surface area contributed by atoms with Gasteiger partial charge in [-0.15, -0.1) is 0 Å². The molecule has 2 aromatic rings. The Kier molecular flexibility index (Phi) is 5.24. The van der Waals surface area contributed by atoms with Crippen molar-refractivity contribution in [1.29, 1.82) is 0 Å². The van der Waals surface area contributed by atoms with Crippen LogP contribution in [0.25, 0.3) is 0 Å². The third-order valence-corrected chi connectivity index (χ3v) is 4.12. The van der Waals surface area contributed by atoms with Crippen molar-refractivity contribution in [2.75, 3.05) is 0 Å². The molecule has 0 saturated carbocycles. The van der Waals surface area contributed by atoms with Gasteiger partial charge in [0, 0.05) is 8.95 Å². The summed E-state index contributed by atoms with van der Waals surface area (Å²) < 4.78 is 7.67. The summed E-state index contributed by atoms with van der Waals surface area (Å²) in [6.07, 6.45) is 0.175. The minimum atomic E-state index is -0.171. The van der Waals surface area contributed by atoms with Crippen LogP contribution in [0, 0.1) is 0 Å². The summed E-state index contributed by atoms with van der Waals surface area (Å²) >= 11 is 7.03. The molecule has 0 aliphatic rings. The van der Waals surface area contributed by atoms with E-state index in [9.17, 15) is 0 Å². The smallest absolute Gasteiger partial charge is 0.119 e. The fraction of sp³-hybridized carbons (Fsp3) is 0.250. The Bertz CT molecular complexity index is 582. The minimum Gasteiger partial charge on any atom is -0.491 e. The van der Waals surface area contributed by atoms with Gasteiger partial charge in [-0.05, 0) is 55.3 Å². The summed E-state index contributed by atoms with van der Waals surface area (Å²) in [5.41, 5.74) is 8.45. The molecule has 0 aliphatic heterocycles. The molecule has 0 aromatic heterocycles. The number of hydrogen-bond acceptors (Lipinski definition) is 2. The van der Waals surface area contributed by atoms with Crippen molar-refractivity contribution in [3.8, 4) is 5.75 Å². The SMILES string of the molecule is CC(C)Oc1ccc(C(N)c2cc(Br)ccc2Br)cc1. The Morgan fingerprint density at radius 3 is 2.25 bits per heavy atom. The monoisotopic (exact) mass is 397 g/mol. The minimum absolute atomic E-state index is 0.171. The molecule has 0 fully saturated rings. The molecule has 2 N–H and O–H groups in total. The zero-order chi connectivity index (χ0) is 14.7. The van der Waals surface area contributed by atoms with Crippen molar-refractivity contribution in [1.82, 2.24) is 0 Å². The van der Waals surface area contributed by atoms with Crippen molar-refractivity contribution in [3.05, 3.63) is 62.5 Å². The average molecular weight is 399 g/mol. The van der Waals surface area contributed by atoms with Gasteiger partial charge in [-0.2, -0.15) is 0 Å². The van der Waals surface area contributed by atoms with Gasteiger partial charge in [0.2, 0.25) is 0 Å². The van der Waals surface area contributed by atoms with Crippen molar-refractivity contribution in [3.63, 3.8) is 0 Å². The van der Waals surface area contributed by atoms with Crippen LogP contribution in [0.2, 0.25) is 0 Å². The second-order valence-corrected chi connectivity index (χ2v) is 6.65. The van der Waals surface area contributed by atoms with Crippen LogP contribution in [0.4, 0.5) is 0 Å². The Morgan fingerprint density at radius 2 is 1.65 bits per heavy atom. The third kappa shape index (κ3) is 3.84. The number of nitrogens with two attached hydrogens (primary N) is 1. The first-order valence-corrected chi connectivity index (χ1v) is 8.03. The van der Waals surface area contributed by atoms with Gasteiger partial charge in [0.1, 0.15) is 5.75 Å². The van der Waals surface area contributed by atoms with Gasteiger partial charge in [-0.3, -0.25) is 0 Å². The van der Waals surface area contributed by atoms with Crippen LogP contribution in [0.15, 0.2) is 51.4 Å². The molecule has 0 spiro atoms. The van der Waals surface area contributed by atoms with E-state index < -0.39 is 0 Å². The summed E-state index contributed by atoms with van der Waals surface area (Å²) in [7, 11) is 0. The highest BCUT2D eigenvalue weighted by atomic mass is 79.9. The lowest BCUT2D eigenvalue weighted by Gasteiger charge is -2.16. The number of hydrogen-bond donors (Lipinski definition) is 1. The number of benzene rings is 2. The Hall–Kier alpha value is -0.840. The van der Waals surface area contributed by atoms with Gasteiger partial charge in [0.15, 0.2) is 0 Å². The highest BCUT2D eigenvalue weighted by molar-refractivity contribution is 9.11. The van der Waals surface area contributed by atoms with Gasteiger partial charge < -0.3 is 10.5 Å². The Morgan fingerprint density at radius 1 is 1.00 bits per heavy atom. The maximum atomic E-state index is 6.35. The van der Waals surface area contributed by atoms with Crippen LogP contribution >= 0.6 is 31.9 Å². The van der Waals surface area contributed by atoms with E-state index in [4.69, 9.17) is 10.5 Å². The maximum absolute atomic E-state index is 6.35. The van der Waals surface area contributed by atoms with E-state index in [1.807, 2.05) is 56.3 Å². The van der Waals surface area contributed by atoms with E-state index in [0.29, 0.717) is 0 Å². The molecule has 106 valence electrons. The highest BCUT2D eigenvalue weighted by Gasteiger charge is 2.13. The van der Waals surface area contributed by atoms with Crippen LogP contribution in [0.5, 0.6) is 5.75 Å². The quantitative estimate of drug-likeness (QED) is 0.782.